The number of carbonyl (C=O) groups is 1. The fourth-order valence-corrected chi connectivity index (χ4v) is 5.65. The molecule has 1 aromatic carbocycles. The molecule has 35 heavy (non-hydrogen) atoms. The lowest BCUT2D eigenvalue weighted by Crippen LogP contribution is -2.79. The number of nitrogens with one attached hydrogen (secondary N) is 1. The molecule has 4 aliphatic rings. The van der Waals surface area contributed by atoms with Gasteiger partial charge in [0.05, 0.1) is 29.7 Å². The van der Waals surface area contributed by atoms with E-state index in [2.05, 4.69) is 20.1 Å². The van der Waals surface area contributed by atoms with Gasteiger partial charge in [-0.2, -0.15) is 13.9 Å². The van der Waals surface area contributed by atoms with E-state index in [9.17, 15) is 18.7 Å². The van der Waals surface area contributed by atoms with Crippen molar-refractivity contribution in [2.75, 3.05) is 0 Å². The zero-order valence-electron chi connectivity index (χ0n) is 18.3. The SMILES string of the molecule is O=C(NC12CC(n3cc(-c4ccc(OC(F)F)cn4)cn3)(C1)C2)[C@H]1C[C@@H](O)c2cc(Cl)ccc2O1. The van der Waals surface area contributed by atoms with Gasteiger partial charge < -0.3 is 19.9 Å². The highest BCUT2D eigenvalue weighted by Gasteiger charge is 2.70. The lowest BCUT2D eigenvalue weighted by Gasteiger charge is -2.70. The van der Waals surface area contributed by atoms with Gasteiger partial charge in [0, 0.05) is 34.3 Å². The largest absolute Gasteiger partial charge is 0.480 e. The zero-order chi connectivity index (χ0) is 24.4. The number of rotatable bonds is 6. The minimum atomic E-state index is -2.90. The first-order chi connectivity index (χ1) is 16.7. The van der Waals surface area contributed by atoms with Crippen molar-refractivity contribution < 1.29 is 28.2 Å². The van der Waals surface area contributed by atoms with Crippen molar-refractivity contribution in [3.63, 3.8) is 0 Å². The van der Waals surface area contributed by atoms with E-state index in [1.54, 1.807) is 30.5 Å². The third kappa shape index (κ3) is 3.81. The zero-order valence-corrected chi connectivity index (χ0v) is 19.1. The Morgan fingerprint density at radius 2 is 2.06 bits per heavy atom. The first kappa shape index (κ1) is 22.2. The number of hydrogen-bond acceptors (Lipinski definition) is 6. The molecule has 0 radical (unpaired) electrons. The van der Waals surface area contributed by atoms with Crippen LogP contribution >= 0.6 is 11.6 Å². The minimum absolute atomic E-state index is 0.00463. The number of pyridine rings is 1. The number of benzene rings is 1. The highest BCUT2D eigenvalue weighted by Crippen LogP contribution is 2.65. The van der Waals surface area contributed by atoms with Crippen LogP contribution in [-0.4, -0.2) is 44.0 Å². The molecule has 2 bridgehead atoms. The molecule has 3 fully saturated rings. The second-order valence-corrected chi connectivity index (χ2v) is 9.93. The smallest absolute Gasteiger partial charge is 0.387 e. The number of halogens is 3. The van der Waals surface area contributed by atoms with Crippen LogP contribution < -0.4 is 14.8 Å². The molecule has 3 heterocycles. The van der Waals surface area contributed by atoms with Crippen molar-refractivity contribution in [3.05, 3.63) is 59.5 Å². The lowest BCUT2D eigenvalue weighted by molar-refractivity contribution is -0.165. The van der Waals surface area contributed by atoms with E-state index in [0.29, 0.717) is 22.0 Å². The van der Waals surface area contributed by atoms with Gasteiger partial charge in [-0.05, 0) is 49.6 Å². The first-order valence-electron chi connectivity index (χ1n) is 11.2. The van der Waals surface area contributed by atoms with Crippen LogP contribution in [0.25, 0.3) is 11.3 Å². The standard InChI is InChI=1S/C24H21ClF2N4O4/c25-14-1-4-19-16(5-14)18(32)6-20(35-19)21(33)30-23-10-24(11-23,12-23)31-9-13(7-29-31)17-3-2-15(8-28-17)34-22(26)27/h1-5,7-9,18,20,22,32H,6,10-12H2,(H,30,33)/t18-,20-,23?,24?/m1/s1. The summed E-state index contributed by atoms with van der Waals surface area (Å²) >= 11 is 6.00. The molecule has 2 N–H and O–H groups in total. The lowest BCUT2D eigenvalue weighted by atomic mass is 9.44. The van der Waals surface area contributed by atoms with E-state index in [1.165, 1.54) is 12.3 Å². The van der Waals surface area contributed by atoms with E-state index in [4.69, 9.17) is 16.3 Å². The molecule has 3 aromatic rings. The molecule has 3 saturated carbocycles. The summed E-state index contributed by atoms with van der Waals surface area (Å²) in [4.78, 5) is 17.1. The van der Waals surface area contributed by atoms with E-state index in [-0.39, 0.29) is 29.2 Å². The maximum absolute atomic E-state index is 12.9. The molecule has 8 nitrogen and oxygen atoms in total. The maximum atomic E-state index is 12.9. The van der Waals surface area contributed by atoms with Gasteiger partial charge in [-0.3, -0.25) is 14.5 Å². The Balaban J connectivity index is 1.08. The van der Waals surface area contributed by atoms with Crippen LogP contribution in [-0.2, 0) is 10.3 Å². The average molecular weight is 503 g/mol. The summed E-state index contributed by atoms with van der Waals surface area (Å²) in [6, 6.07) is 8.03. The molecular weight excluding hydrogens is 482 g/mol. The highest BCUT2D eigenvalue weighted by atomic mass is 35.5. The summed E-state index contributed by atoms with van der Waals surface area (Å²) in [5.74, 6) is 0.221. The number of aromatic nitrogens is 3. The number of alkyl halides is 2. The fourth-order valence-electron chi connectivity index (χ4n) is 5.47. The molecule has 2 aromatic heterocycles. The Morgan fingerprint density at radius 1 is 1.26 bits per heavy atom. The normalized spacial score (nSPS) is 28.4. The monoisotopic (exact) mass is 502 g/mol. The number of aliphatic hydroxyl groups is 1. The second-order valence-electron chi connectivity index (χ2n) is 9.50. The second kappa shape index (κ2) is 7.89. The van der Waals surface area contributed by atoms with Crippen LogP contribution in [0.5, 0.6) is 11.5 Å². The van der Waals surface area contributed by atoms with Crippen molar-refractivity contribution in [1.29, 1.82) is 0 Å². The first-order valence-corrected chi connectivity index (χ1v) is 11.5. The van der Waals surface area contributed by atoms with Crippen molar-refractivity contribution in [2.24, 2.45) is 0 Å². The summed E-state index contributed by atoms with van der Waals surface area (Å²) < 4.78 is 36.7. The Hall–Kier alpha value is -3.24. The predicted octanol–water partition coefficient (Wildman–Crippen LogP) is 3.83. The minimum Gasteiger partial charge on any atom is -0.480 e. The molecule has 7 rings (SSSR count). The van der Waals surface area contributed by atoms with Crippen molar-refractivity contribution in [2.45, 2.75) is 55.6 Å². The van der Waals surface area contributed by atoms with Crippen LogP contribution in [0.15, 0.2) is 48.9 Å². The summed E-state index contributed by atoms with van der Waals surface area (Å²) in [6.07, 6.45) is 5.60. The van der Waals surface area contributed by atoms with E-state index < -0.39 is 18.8 Å². The van der Waals surface area contributed by atoms with Gasteiger partial charge >= 0.3 is 6.61 Å². The quantitative estimate of drug-likeness (QED) is 0.531. The molecule has 11 heteroatoms. The molecule has 1 amide bonds. The van der Waals surface area contributed by atoms with Gasteiger partial charge in [0.15, 0.2) is 6.10 Å². The molecule has 0 saturated heterocycles. The Bertz CT molecular complexity index is 1280. The van der Waals surface area contributed by atoms with E-state index >= 15 is 0 Å². The van der Waals surface area contributed by atoms with E-state index in [1.807, 2.05) is 10.9 Å². The molecule has 3 aliphatic carbocycles. The molecule has 0 unspecified atom stereocenters. The molecule has 2 atom stereocenters. The number of hydrogen-bond donors (Lipinski definition) is 2. The molecular formula is C24H21ClF2N4O4. The van der Waals surface area contributed by atoms with Crippen molar-refractivity contribution in [3.8, 4) is 22.8 Å². The van der Waals surface area contributed by atoms with Gasteiger partial charge in [-0.15, -0.1) is 0 Å². The van der Waals surface area contributed by atoms with E-state index in [0.717, 1.165) is 24.8 Å². The number of aliphatic hydroxyl groups excluding tert-OH is 1. The number of ether oxygens (including phenoxy) is 2. The summed E-state index contributed by atoms with van der Waals surface area (Å²) in [6.45, 7) is -2.90. The number of carbonyl (C=O) groups excluding carboxylic acids is 1. The van der Waals surface area contributed by atoms with Crippen molar-refractivity contribution in [1.82, 2.24) is 20.1 Å². The fraction of sp³-hybridized carbons (Fsp3) is 0.375. The third-order valence-corrected chi connectivity index (χ3v) is 7.28. The van der Waals surface area contributed by atoms with Crippen LogP contribution in [0.3, 0.4) is 0 Å². The Labute approximate surface area is 203 Å². The topological polar surface area (TPSA) is 98.5 Å². The summed E-state index contributed by atoms with van der Waals surface area (Å²) in [5.41, 5.74) is 1.48. The van der Waals surface area contributed by atoms with Crippen molar-refractivity contribution >= 4 is 17.5 Å². The number of amides is 1. The molecule has 182 valence electrons. The van der Waals surface area contributed by atoms with Gasteiger partial charge in [0.1, 0.15) is 11.5 Å². The Kier molecular flexibility index (Phi) is 5.01. The summed E-state index contributed by atoms with van der Waals surface area (Å²) in [7, 11) is 0. The van der Waals surface area contributed by atoms with Gasteiger partial charge in [-0.1, -0.05) is 11.6 Å². The number of nitrogens with zero attached hydrogens (tertiary/aromatic N) is 3. The Morgan fingerprint density at radius 3 is 2.77 bits per heavy atom. The van der Waals surface area contributed by atoms with Crippen LogP contribution in [0, 0.1) is 0 Å². The molecule has 1 aliphatic heterocycles. The maximum Gasteiger partial charge on any atom is 0.387 e. The number of fused-ring (bicyclic) bond motifs is 1. The average Bonchev–Trinajstić information content (AvgIpc) is 3.25. The predicted molar refractivity (Wildman–Crippen MR) is 120 cm³/mol. The van der Waals surface area contributed by atoms with Crippen LogP contribution in [0.4, 0.5) is 8.78 Å². The summed E-state index contributed by atoms with van der Waals surface area (Å²) in [5, 5.41) is 18.5. The van der Waals surface area contributed by atoms with Crippen LogP contribution in [0.2, 0.25) is 5.02 Å². The van der Waals surface area contributed by atoms with Gasteiger partial charge in [0.2, 0.25) is 0 Å². The third-order valence-electron chi connectivity index (χ3n) is 7.05. The molecule has 0 spiro atoms. The van der Waals surface area contributed by atoms with Crippen LogP contribution in [0.1, 0.15) is 37.4 Å². The van der Waals surface area contributed by atoms with Gasteiger partial charge in [-0.25, -0.2) is 0 Å². The van der Waals surface area contributed by atoms with Gasteiger partial charge in [0.25, 0.3) is 5.91 Å². The highest BCUT2D eigenvalue weighted by molar-refractivity contribution is 6.30.